The Morgan fingerprint density at radius 1 is 1.35 bits per heavy atom. The van der Waals surface area contributed by atoms with Gasteiger partial charge in [-0.15, -0.1) is 0 Å². The molecule has 0 radical (unpaired) electrons. The molecule has 0 amide bonds. The van der Waals surface area contributed by atoms with Crippen LogP contribution in [0, 0.1) is 0 Å². The summed E-state index contributed by atoms with van der Waals surface area (Å²) in [4.78, 5) is 4.29. The van der Waals surface area contributed by atoms with Crippen LogP contribution in [0.25, 0.3) is 10.9 Å². The van der Waals surface area contributed by atoms with E-state index in [0.29, 0.717) is 12.3 Å². The third kappa shape index (κ3) is 1.91. The Labute approximate surface area is 97.8 Å². The molecule has 17 heavy (non-hydrogen) atoms. The number of benzene rings is 1. The molecule has 5 nitrogen and oxygen atoms in total. The molecule has 0 saturated carbocycles. The van der Waals surface area contributed by atoms with Crippen molar-refractivity contribution >= 4 is 10.9 Å². The van der Waals surface area contributed by atoms with Gasteiger partial charge in [-0.05, 0) is 17.7 Å². The Bertz CT molecular complexity index is 641. The Kier molecular flexibility index (Phi) is 2.36. The maximum Gasteiger partial charge on any atom is 0.226 e. The summed E-state index contributed by atoms with van der Waals surface area (Å²) in [7, 11) is 0. The molecule has 86 valence electrons. The first-order chi connectivity index (χ1) is 8.35. The van der Waals surface area contributed by atoms with Crippen LogP contribution >= 0.6 is 0 Å². The number of nitrogens with one attached hydrogen (secondary N) is 1. The molecule has 3 aromatic rings. The van der Waals surface area contributed by atoms with Gasteiger partial charge >= 0.3 is 0 Å². The Morgan fingerprint density at radius 3 is 3.12 bits per heavy atom. The van der Waals surface area contributed by atoms with Crippen LogP contribution in [0.5, 0.6) is 0 Å². The maximum absolute atomic E-state index is 5.08. The van der Waals surface area contributed by atoms with Gasteiger partial charge in [0.1, 0.15) is 0 Å². The van der Waals surface area contributed by atoms with E-state index in [1.807, 2.05) is 25.3 Å². The summed E-state index contributed by atoms with van der Waals surface area (Å²) < 4.78 is 5.08. The van der Waals surface area contributed by atoms with Crippen LogP contribution in [-0.2, 0) is 12.8 Å². The molecular weight excluding hydrogens is 216 g/mol. The molecule has 0 bridgehead atoms. The average molecular weight is 228 g/mol. The van der Waals surface area contributed by atoms with Crippen molar-refractivity contribution in [3.8, 4) is 0 Å². The fraction of sp³-hybridized carbons (Fsp3) is 0.250. The number of aromatic amines is 1. The molecule has 0 spiro atoms. The lowest BCUT2D eigenvalue weighted by Crippen LogP contribution is -1.91. The first kappa shape index (κ1) is 10.0. The normalized spacial score (nSPS) is 11.1. The van der Waals surface area contributed by atoms with Crippen molar-refractivity contribution in [1.82, 2.24) is 20.3 Å². The zero-order chi connectivity index (χ0) is 11.7. The van der Waals surface area contributed by atoms with Crippen molar-refractivity contribution in [1.29, 1.82) is 0 Å². The second kappa shape index (κ2) is 4.01. The molecular formula is C12H12N4O. The zero-order valence-corrected chi connectivity index (χ0v) is 9.47. The SMILES string of the molecule is CCc1nc(Cc2ccc3[nH]ncc3c2)no1. The summed E-state index contributed by atoms with van der Waals surface area (Å²) in [6.45, 7) is 1.99. The monoisotopic (exact) mass is 228 g/mol. The van der Waals surface area contributed by atoms with Gasteiger partial charge in [0, 0.05) is 18.2 Å². The van der Waals surface area contributed by atoms with Gasteiger partial charge in [0.05, 0.1) is 11.7 Å². The van der Waals surface area contributed by atoms with Gasteiger partial charge in [0.25, 0.3) is 0 Å². The maximum atomic E-state index is 5.08. The summed E-state index contributed by atoms with van der Waals surface area (Å²) in [6.07, 6.45) is 3.27. The highest BCUT2D eigenvalue weighted by Crippen LogP contribution is 2.15. The summed E-state index contributed by atoms with van der Waals surface area (Å²) in [5.41, 5.74) is 2.19. The standard InChI is InChI=1S/C12H12N4O/c1-2-12-14-11(16-17-12)6-8-3-4-10-9(5-8)7-13-15-10/h3-5,7H,2,6H2,1H3,(H,13,15). The molecule has 1 aromatic carbocycles. The third-order valence-corrected chi connectivity index (χ3v) is 2.68. The minimum absolute atomic E-state index is 0.685. The van der Waals surface area contributed by atoms with E-state index >= 15 is 0 Å². The molecule has 0 unspecified atom stereocenters. The van der Waals surface area contributed by atoms with Gasteiger partial charge in [-0.1, -0.05) is 18.1 Å². The Morgan fingerprint density at radius 2 is 2.29 bits per heavy atom. The van der Waals surface area contributed by atoms with E-state index in [0.717, 1.165) is 28.7 Å². The molecule has 5 heteroatoms. The smallest absolute Gasteiger partial charge is 0.226 e. The molecule has 3 rings (SSSR count). The molecule has 0 aliphatic heterocycles. The second-order valence-corrected chi connectivity index (χ2v) is 3.93. The minimum atomic E-state index is 0.685. The van der Waals surface area contributed by atoms with Gasteiger partial charge in [-0.25, -0.2) is 0 Å². The van der Waals surface area contributed by atoms with Crippen molar-refractivity contribution in [2.45, 2.75) is 19.8 Å². The molecule has 0 aliphatic carbocycles. The minimum Gasteiger partial charge on any atom is -0.339 e. The van der Waals surface area contributed by atoms with E-state index in [-0.39, 0.29) is 0 Å². The lowest BCUT2D eigenvalue weighted by molar-refractivity contribution is 0.377. The van der Waals surface area contributed by atoms with Crippen molar-refractivity contribution in [3.05, 3.63) is 41.7 Å². The highest BCUT2D eigenvalue weighted by atomic mass is 16.5. The van der Waals surface area contributed by atoms with Crippen molar-refractivity contribution in [2.75, 3.05) is 0 Å². The number of hydrogen-bond donors (Lipinski definition) is 1. The number of nitrogens with zero attached hydrogens (tertiary/aromatic N) is 3. The number of fused-ring (bicyclic) bond motifs is 1. The molecule has 0 atom stereocenters. The molecule has 2 heterocycles. The van der Waals surface area contributed by atoms with Crippen LogP contribution in [0.4, 0.5) is 0 Å². The number of aromatic nitrogens is 4. The first-order valence-corrected chi connectivity index (χ1v) is 5.58. The number of hydrogen-bond acceptors (Lipinski definition) is 4. The summed E-state index contributed by atoms with van der Waals surface area (Å²) in [6, 6.07) is 6.14. The fourth-order valence-corrected chi connectivity index (χ4v) is 1.79. The molecule has 1 N–H and O–H groups in total. The number of H-pyrrole nitrogens is 1. The quantitative estimate of drug-likeness (QED) is 0.745. The van der Waals surface area contributed by atoms with Gasteiger partial charge in [0.2, 0.25) is 5.89 Å². The van der Waals surface area contributed by atoms with Crippen molar-refractivity contribution in [3.63, 3.8) is 0 Å². The van der Waals surface area contributed by atoms with Crippen LogP contribution in [-0.4, -0.2) is 20.3 Å². The van der Waals surface area contributed by atoms with E-state index in [9.17, 15) is 0 Å². The van der Waals surface area contributed by atoms with E-state index < -0.39 is 0 Å². The molecule has 0 saturated heterocycles. The number of rotatable bonds is 3. The lowest BCUT2D eigenvalue weighted by atomic mass is 10.1. The van der Waals surface area contributed by atoms with E-state index in [1.165, 1.54) is 0 Å². The van der Waals surface area contributed by atoms with Crippen LogP contribution in [0.15, 0.2) is 28.9 Å². The van der Waals surface area contributed by atoms with Crippen LogP contribution in [0.1, 0.15) is 24.2 Å². The molecule has 2 aromatic heterocycles. The zero-order valence-electron chi connectivity index (χ0n) is 9.47. The largest absolute Gasteiger partial charge is 0.339 e. The summed E-state index contributed by atoms with van der Waals surface area (Å²) >= 11 is 0. The highest BCUT2D eigenvalue weighted by Gasteiger charge is 2.06. The van der Waals surface area contributed by atoms with Crippen LogP contribution < -0.4 is 0 Å². The number of aryl methyl sites for hydroxylation is 1. The fourth-order valence-electron chi connectivity index (χ4n) is 1.79. The van der Waals surface area contributed by atoms with E-state index in [2.05, 4.69) is 26.4 Å². The molecule has 0 aliphatic rings. The predicted octanol–water partition coefficient (Wildman–Crippen LogP) is 2.10. The topological polar surface area (TPSA) is 67.6 Å². The first-order valence-electron chi connectivity index (χ1n) is 5.58. The Balaban J connectivity index is 1.88. The second-order valence-electron chi connectivity index (χ2n) is 3.93. The van der Waals surface area contributed by atoms with Crippen LogP contribution in [0.3, 0.4) is 0 Å². The van der Waals surface area contributed by atoms with Crippen molar-refractivity contribution < 1.29 is 4.52 Å². The van der Waals surface area contributed by atoms with Gasteiger partial charge in [0.15, 0.2) is 5.82 Å². The van der Waals surface area contributed by atoms with Crippen molar-refractivity contribution in [2.24, 2.45) is 0 Å². The van der Waals surface area contributed by atoms with E-state index in [4.69, 9.17) is 4.52 Å². The Hall–Kier alpha value is -2.17. The lowest BCUT2D eigenvalue weighted by Gasteiger charge is -1.96. The van der Waals surface area contributed by atoms with Gasteiger partial charge in [-0.3, -0.25) is 5.10 Å². The average Bonchev–Trinajstić information content (AvgIpc) is 2.96. The summed E-state index contributed by atoms with van der Waals surface area (Å²) in [5, 5.41) is 12.0. The molecule has 0 fully saturated rings. The highest BCUT2D eigenvalue weighted by molar-refractivity contribution is 5.78. The van der Waals surface area contributed by atoms with E-state index in [1.54, 1.807) is 0 Å². The predicted molar refractivity (Wildman–Crippen MR) is 62.6 cm³/mol. The van der Waals surface area contributed by atoms with Gasteiger partial charge < -0.3 is 4.52 Å². The van der Waals surface area contributed by atoms with Crippen LogP contribution in [0.2, 0.25) is 0 Å². The summed E-state index contributed by atoms with van der Waals surface area (Å²) in [5.74, 6) is 1.41. The van der Waals surface area contributed by atoms with Gasteiger partial charge in [-0.2, -0.15) is 10.1 Å². The third-order valence-electron chi connectivity index (χ3n) is 2.68.